The van der Waals surface area contributed by atoms with Gasteiger partial charge in [-0.3, -0.25) is 5.10 Å². The number of aromatic amines is 1. The predicted octanol–water partition coefficient (Wildman–Crippen LogP) is 2.36. The zero-order chi connectivity index (χ0) is 11.4. The third-order valence-corrected chi connectivity index (χ3v) is 2.71. The van der Waals surface area contributed by atoms with Crippen molar-refractivity contribution in [3.63, 3.8) is 0 Å². The van der Waals surface area contributed by atoms with Crippen molar-refractivity contribution in [2.24, 2.45) is 5.73 Å². The van der Waals surface area contributed by atoms with Gasteiger partial charge in [0.05, 0.1) is 5.69 Å². The maximum atomic E-state index is 5.91. The van der Waals surface area contributed by atoms with E-state index in [9.17, 15) is 0 Å². The number of nitrogens with one attached hydrogen (secondary N) is 1. The first-order chi connectivity index (χ1) is 7.79. The van der Waals surface area contributed by atoms with E-state index in [0.717, 1.165) is 29.8 Å². The van der Waals surface area contributed by atoms with Gasteiger partial charge in [0, 0.05) is 23.7 Å². The number of hydrogen-bond acceptors (Lipinski definition) is 2. The highest BCUT2D eigenvalue weighted by atomic mass is 15.1. The van der Waals surface area contributed by atoms with E-state index in [2.05, 4.69) is 35.3 Å². The van der Waals surface area contributed by atoms with Gasteiger partial charge in [0.15, 0.2) is 0 Å². The van der Waals surface area contributed by atoms with E-state index in [1.54, 1.807) is 0 Å². The third kappa shape index (κ3) is 2.49. The van der Waals surface area contributed by atoms with Crippen molar-refractivity contribution >= 4 is 0 Å². The van der Waals surface area contributed by atoms with Gasteiger partial charge in [-0.2, -0.15) is 5.10 Å². The number of rotatable bonds is 4. The van der Waals surface area contributed by atoms with Gasteiger partial charge in [0.2, 0.25) is 0 Å². The summed E-state index contributed by atoms with van der Waals surface area (Å²) in [5.41, 5.74) is 9.13. The number of nitrogens with zero attached hydrogens (tertiary/aromatic N) is 1. The summed E-state index contributed by atoms with van der Waals surface area (Å²) in [4.78, 5) is 0. The van der Waals surface area contributed by atoms with Crippen LogP contribution in [0.5, 0.6) is 0 Å². The first kappa shape index (κ1) is 10.9. The van der Waals surface area contributed by atoms with Gasteiger partial charge in [0.25, 0.3) is 0 Å². The molecule has 84 valence electrons. The summed E-state index contributed by atoms with van der Waals surface area (Å²) in [6.07, 6.45) is 1.84. The largest absolute Gasteiger partial charge is 0.327 e. The highest BCUT2D eigenvalue weighted by molar-refractivity contribution is 5.58. The van der Waals surface area contributed by atoms with Crippen LogP contribution in [0.1, 0.15) is 19.0 Å². The Morgan fingerprint density at radius 2 is 2.06 bits per heavy atom. The zero-order valence-electron chi connectivity index (χ0n) is 9.48. The molecule has 1 unspecified atom stereocenters. The van der Waals surface area contributed by atoms with Crippen LogP contribution >= 0.6 is 0 Å². The molecule has 16 heavy (non-hydrogen) atoms. The van der Waals surface area contributed by atoms with E-state index in [1.165, 1.54) is 0 Å². The minimum atomic E-state index is 0.212. The van der Waals surface area contributed by atoms with Gasteiger partial charge < -0.3 is 5.73 Å². The molecule has 0 aliphatic rings. The minimum Gasteiger partial charge on any atom is -0.327 e. The summed E-state index contributed by atoms with van der Waals surface area (Å²) >= 11 is 0. The van der Waals surface area contributed by atoms with E-state index in [-0.39, 0.29) is 6.04 Å². The Kier molecular flexibility index (Phi) is 3.37. The molecular weight excluding hydrogens is 198 g/mol. The van der Waals surface area contributed by atoms with Gasteiger partial charge in [-0.1, -0.05) is 37.3 Å². The molecule has 2 rings (SSSR count). The predicted molar refractivity (Wildman–Crippen MR) is 66.0 cm³/mol. The van der Waals surface area contributed by atoms with E-state index in [0.29, 0.717) is 0 Å². The molecule has 0 fully saturated rings. The molecule has 0 saturated carbocycles. The standard InChI is InChI=1S/C13H17N3/c1-2-11(14)8-12-9-13(16-15-12)10-6-4-3-5-7-10/h3-7,9,11H,2,8,14H2,1H3,(H,15,16). The minimum absolute atomic E-state index is 0.212. The van der Waals surface area contributed by atoms with Crippen LogP contribution in [-0.2, 0) is 6.42 Å². The summed E-state index contributed by atoms with van der Waals surface area (Å²) in [7, 11) is 0. The molecule has 1 aromatic carbocycles. The topological polar surface area (TPSA) is 54.7 Å². The van der Waals surface area contributed by atoms with Crippen molar-refractivity contribution in [2.75, 3.05) is 0 Å². The third-order valence-electron chi connectivity index (χ3n) is 2.71. The fourth-order valence-electron chi connectivity index (χ4n) is 1.65. The van der Waals surface area contributed by atoms with Gasteiger partial charge in [-0.15, -0.1) is 0 Å². The second-order valence-electron chi connectivity index (χ2n) is 4.02. The molecule has 0 spiro atoms. The number of hydrogen-bond donors (Lipinski definition) is 2. The summed E-state index contributed by atoms with van der Waals surface area (Å²) in [6.45, 7) is 2.10. The molecule has 0 saturated heterocycles. The normalized spacial score (nSPS) is 12.6. The van der Waals surface area contributed by atoms with Crippen LogP contribution < -0.4 is 5.73 Å². The van der Waals surface area contributed by atoms with Crippen molar-refractivity contribution in [3.05, 3.63) is 42.1 Å². The number of benzene rings is 1. The molecule has 0 aliphatic heterocycles. The SMILES string of the molecule is CCC(N)Cc1cc(-c2ccccc2)n[nH]1. The Labute approximate surface area is 95.7 Å². The molecule has 1 atom stereocenters. The van der Waals surface area contributed by atoms with Gasteiger partial charge in [-0.05, 0) is 12.5 Å². The molecule has 3 N–H and O–H groups in total. The molecule has 1 heterocycles. The van der Waals surface area contributed by atoms with Gasteiger partial charge >= 0.3 is 0 Å². The lowest BCUT2D eigenvalue weighted by Gasteiger charge is -2.04. The first-order valence-corrected chi connectivity index (χ1v) is 5.65. The monoisotopic (exact) mass is 215 g/mol. The van der Waals surface area contributed by atoms with Crippen LogP contribution in [0.15, 0.2) is 36.4 Å². The number of nitrogens with two attached hydrogens (primary N) is 1. The Morgan fingerprint density at radius 1 is 1.31 bits per heavy atom. The lowest BCUT2D eigenvalue weighted by molar-refractivity contribution is 0.635. The van der Waals surface area contributed by atoms with Crippen molar-refractivity contribution in [2.45, 2.75) is 25.8 Å². The van der Waals surface area contributed by atoms with Gasteiger partial charge in [0.1, 0.15) is 0 Å². The fourth-order valence-corrected chi connectivity index (χ4v) is 1.65. The lowest BCUT2D eigenvalue weighted by atomic mass is 10.1. The highest BCUT2D eigenvalue weighted by Gasteiger charge is 2.06. The zero-order valence-corrected chi connectivity index (χ0v) is 9.48. The van der Waals surface area contributed by atoms with E-state index in [1.807, 2.05) is 18.2 Å². The average Bonchev–Trinajstić information content (AvgIpc) is 2.78. The summed E-state index contributed by atoms with van der Waals surface area (Å²) in [6, 6.07) is 12.4. The first-order valence-electron chi connectivity index (χ1n) is 5.65. The molecule has 0 amide bonds. The van der Waals surface area contributed by atoms with Crippen LogP contribution in [0.25, 0.3) is 11.3 Å². The fraction of sp³-hybridized carbons (Fsp3) is 0.308. The second-order valence-corrected chi connectivity index (χ2v) is 4.02. The number of aromatic nitrogens is 2. The molecule has 0 radical (unpaired) electrons. The Morgan fingerprint density at radius 3 is 2.75 bits per heavy atom. The van der Waals surface area contributed by atoms with Crippen LogP contribution in [0.2, 0.25) is 0 Å². The van der Waals surface area contributed by atoms with Crippen molar-refractivity contribution in [1.29, 1.82) is 0 Å². The molecule has 3 nitrogen and oxygen atoms in total. The van der Waals surface area contributed by atoms with E-state index >= 15 is 0 Å². The smallest absolute Gasteiger partial charge is 0.0923 e. The summed E-state index contributed by atoms with van der Waals surface area (Å²) in [5.74, 6) is 0. The number of H-pyrrole nitrogens is 1. The molecule has 2 aromatic rings. The molecule has 3 heteroatoms. The highest BCUT2D eigenvalue weighted by Crippen LogP contribution is 2.17. The van der Waals surface area contributed by atoms with Crippen molar-refractivity contribution in [3.8, 4) is 11.3 Å². The van der Waals surface area contributed by atoms with Crippen LogP contribution in [0.4, 0.5) is 0 Å². The summed E-state index contributed by atoms with van der Waals surface area (Å²) < 4.78 is 0. The molecule has 0 aliphatic carbocycles. The Bertz CT molecular complexity index is 433. The van der Waals surface area contributed by atoms with Crippen LogP contribution in [-0.4, -0.2) is 16.2 Å². The maximum Gasteiger partial charge on any atom is 0.0923 e. The van der Waals surface area contributed by atoms with Crippen LogP contribution in [0.3, 0.4) is 0 Å². The van der Waals surface area contributed by atoms with Crippen molar-refractivity contribution < 1.29 is 0 Å². The molecule has 1 aromatic heterocycles. The molecular formula is C13H17N3. The summed E-state index contributed by atoms with van der Waals surface area (Å²) in [5, 5.41) is 7.33. The Hall–Kier alpha value is -1.61. The molecule has 0 bridgehead atoms. The van der Waals surface area contributed by atoms with Crippen LogP contribution in [0, 0.1) is 0 Å². The Balaban J connectivity index is 2.14. The van der Waals surface area contributed by atoms with Gasteiger partial charge in [-0.25, -0.2) is 0 Å². The van der Waals surface area contributed by atoms with E-state index < -0.39 is 0 Å². The lowest BCUT2D eigenvalue weighted by Crippen LogP contribution is -2.21. The van der Waals surface area contributed by atoms with Crippen molar-refractivity contribution in [1.82, 2.24) is 10.2 Å². The second kappa shape index (κ2) is 4.94. The average molecular weight is 215 g/mol. The quantitative estimate of drug-likeness (QED) is 0.822. The van der Waals surface area contributed by atoms with E-state index in [4.69, 9.17) is 5.73 Å². The maximum absolute atomic E-state index is 5.91.